The van der Waals surface area contributed by atoms with Crippen molar-refractivity contribution in [3.05, 3.63) is 40.8 Å². The predicted octanol–water partition coefficient (Wildman–Crippen LogP) is 4.51. The maximum absolute atomic E-state index is 12.1. The number of rotatable bonds is 7. The molecule has 0 unspecified atom stereocenters. The molecule has 0 bridgehead atoms. The van der Waals surface area contributed by atoms with Crippen molar-refractivity contribution in [1.82, 2.24) is 0 Å². The average molecular weight is 287 g/mol. The normalized spacial score (nSPS) is 12.7. The summed E-state index contributed by atoms with van der Waals surface area (Å²) < 4.78 is 24.0. The molecule has 1 aromatic rings. The first-order chi connectivity index (χ1) is 8.59. The molecule has 0 aliphatic rings. The van der Waals surface area contributed by atoms with Crippen LogP contribution in [0.5, 0.6) is 0 Å². The van der Waals surface area contributed by atoms with E-state index in [-0.39, 0.29) is 9.26 Å². The van der Waals surface area contributed by atoms with Gasteiger partial charge in [0.1, 0.15) is 4.36 Å². The summed E-state index contributed by atoms with van der Waals surface area (Å²) in [6.07, 6.45) is 6.76. The largest absolute Gasteiger partial charge is 0.218 e. The molecule has 0 saturated heterocycles. The third kappa shape index (κ3) is 4.46. The number of unbranched alkanes of at least 4 members (excludes halogenated alkanes) is 4. The summed E-state index contributed by atoms with van der Waals surface area (Å²) in [6.45, 7) is 2.14. The van der Waals surface area contributed by atoms with Gasteiger partial charge < -0.3 is 0 Å². The Labute approximate surface area is 115 Å². The Kier molecular flexibility index (Phi) is 6.44. The molecule has 4 heteroatoms. The average Bonchev–Trinajstić information content (AvgIpc) is 2.39. The zero-order valence-corrected chi connectivity index (χ0v) is 12.2. The van der Waals surface area contributed by atoms with Gasteiger partial charge in [-0.05, 0) is 25.0 Å². The lowest BCUT2D eigenvalue weighted by atomic mass is 10.2. The van der Waals surface area contributed by atoms with E-state index < -0.39 is 9.84 Å². The minimum Gasteiger partial charge on any atom is -0.218 e. The van der Waals surface area contributed by atoms with E-state index in [9.17, 15) is 8.42 Å². The summed E-state index contributed by atoms with van der Waals surface area (Å²) in [6, 6.07) is 8.28. The fourth-order valence-corrected chi connectivity index (χ4v) is 3.06. The maximum atomic E-state index is 12.1. The molecular formula is C14H19ClO2S. The Balaban J connectivity index is 2.65. The van der Waals surface area contributed by atoms with Crippen molar-refractivity contribution < 1.29 is 8.42 Å². The summed E-state index contributed by atoms with van der Waals surface area (Å²) in [4.78, 5) is 0.250. The van der Waals surface area contributed by atoms with E-state index in [1.165, 1.54) is 12.8 Å². The number of hydrogen-bond acceptors (Lipinski definition) is 2. The van der Waals surface area contributed by atoms with Crippen LogP contribution in [0.25, 0.3) is 0 Å². The van der Waals surface area contributed by atoms with Gasteiger partial charge in [0.25, 0.3) is 0 Å². The third-order valence-electron chi connectivity index (χ3n) is 2.67. The molecule has 1 aromatic carbocycles. The molecule has 0 N–H and O–H groups in total. The van der Waals surface area contributed by atoms with Crippen molar-refractivity contribution in [3.63, 3.8) is 0 Å². The highest BCUT2D eigenvalue weighted by Gasteiger charge is 2.17. The topological polar surface area (TPSA) is 34.1 Å². The lowest BCUT2D eigenvalue weighted by molar-refractivity contribution is 0.603. The van der Waals surface area contributed by atoms with Gasteiger partial charge in [-0.25, -0.2) is 8.42 Å². The molecule has 1 rings (SSSR count). The quantitative estimate of drug-likeness (QED) is 0.691. The van der Waals surface area contributed by atoms with Crippen LogP contribution in [0.15, 0.2) is 45.7 Å². The first-order valence-corrected chi connectivity index (χ1v) is 8.11. The van der Waals surface area contributed by atoms with Gasteiger partial charge in [0.2, 0.25) is 9.84 Å². The van der Waals surface area contributed by atoms with Gasteiger partial charge in [-0.15, -0.1) is 0 Å². The zero-order valence-electron chi connectivity index (χ0n) is 10.6. The van der Waals surface area contributed by atoms with Crippen molar-refractivity contribution in [2.75, 3.05) is 0 Å². The van der Waals surface area contributed by atoms with E-state index >= 15 is 0 Å². The molecule has 0 fully saturated rings. The highest BCUT2D eigenvalue weighted by Crippen LogP contribution is 2.22. The second-order valence-electron chi connectivity index (χ2n) is 4.17. The Hall–Kier alpha value is -0.800. The van der Waals surface area contributed by atoms with Crippen molar-refractivity contribution >= 4 is 21.4 Å². The molecular weight excluding hydrogens is 268 g/mol. The number of sulfone groups is 1. The van der Waals surface area contributed by atoms with Gasteiger partial charge in [-0.3, -0.25) is 0 Å². The molecule has 100 valence electrons. The second-order valence-corrected chi connectivity index (χ2v) is 6.72. The number of benzene rings is 1. The number of allylic oxidation sites excluding steroid dienone is 1. The Morgan fingerprint density at radius 3 is 2.44 bits per heavy atom. The van der Waals surface area contributed by atoms with E-state index in [4.69, 9.17) is 11.6 Å². The third-order valence-corrected chi connectivity index (χ3v) is 5.01. The first kappa shape index (κ1) is 15.3. The summed E-state index contributed by atoms with van der Waals surface area (Å²) in [5.74, 6) is 0. The Morgan fingerprint density at radius 1 is 1.17 bits per heavy atom. The summed E-state index contributed by atoms with van der Waals surface area (Å²) in [5, 5.41) is 0. The van der Waals surface area contributed by atoms with Crippen molar-refractivity contribution in [2.45, 2.75) is 43.9 Å². The van der Waals surface area contributed by atoms with Crippen LogP contribution in [0.4, 0.5) is 0 Å². The lowest BCUT2D eigenvalue weighted by Gasteiger charge is -2.02. The van der Waals surface area contributed by atoms with Crippen LogP contribution in [-0.2, 0) is 9.84 Å². The minimum atomic E-state index is -3.51. The Bertz CT molecular complexity index is 478. The summed E-state index contributed by atoms with van der Waals surface area (Å²) in [7, 11) is -3.51. The van der Waals surface area contributed by atoms with Gasteiger partial charge in [0.05, 0.1) is 4.90 Å². The van der Waals surface area contributed by atoms with Crippen molar-refractivity contribution in [3.8, 4) is 0 Å². The molecule has 0 heterocycles. The predicted molar refractivity (Wildman–Crippen MR) is 76.3 cm³/mol. The van der Waals surface area contributed by atoms with E-state index in [0.29, 0.717) is 6.42 Å². The molecule has 2 nitrogen and oxygen atoms in total. The molecule has 0 saturated carbocycles. The van der Waals surface area contributed by atoms with E-state index in [1.807, 2.05) is 0 Å². The van der Waals surface area contributed by atoms with E-state index in [2.05, 4.69) is 6.92 Å². The highest BCUT2D eigenvalue weighted by molar-refractivity contribution is 7.96. The smallest absolute Gasteiger partial charge is 0.216 e. The molecule has 0 spiro atoms. The molecule has 18 heavy (non-hydrogen) atoms. The molecule has 0 aliphatic carbocycles. The summed E-state index contributed by atoms with van der Waals surface area (Å²) in [5.41, 5.74) is 0. The standard InChI is InChI=1S/C14H19ClO2S/c1-2-3-4-5-9-12-14(15)18(16,17)13-10-7-6-8-11-13/h6-8,10-12H,2-5,9H2,1H3/b14-12+. The highest BCUT2D eigenvalue weighted by atomic mass is 35.5. The monoisotopic (exact) mass is 286 g/mol. The first-order valence-electron chi connectivity index (χ1n) is 6.25. The minimum absolute atomic E-state index is 0.0646. The maximum Gasteiger partial charge on any atom is 0.216 e. The lowest BCUT2D eigenvalue weighted by Crippen LogP contribution is -2.00. The number of hydrogen-bond donors (Lipinski definition) is 0. The fraction of sp³-hybridized carbons (Fsp3) is 0.429. The fourth-order valence-electron chi connectivity index (χ4n) is 1.61. The van der Waals surface area contributed by atoms with E-state index in [0.717, 1.165) is 12.8 Å². The summed E-state index contributed by atoms with van der Waals surface area (Å²) >= 11 is 5.89. The molecule has 0 aliphatic heterocycles. The zero-order chi connectivity index (χ0) is 13.4. The van der Waals surface area contributed by atoms with E-state index in [1.54, 1.807) is 36.4 Å². The van der Waals surface area contributed by atoms with Crippen LogP contribution in [0, 0.1) is 0 Å². The van der Waals surface area contributed by atoms with Crippen molar-refractivity contribution in [2.24, 2.45) is 0 Å². The van der Waals surface area contributed by atoms with Gasteiger partial charge in [-0.2, -0.15) is 0 Å². The molecule has 0 atom stereocenters. The van der Waals surface area contributed by atoms with Crippen LogP contribution in [0.1, 0.15) is 39.0 Å². The van der Waals surface area contributed by atoms with Gasteiger partial charge in [0.15, 0.2) is 0 Å². The van der Waals surface area contributed by atoms with Crippen LogP contribution < -0.4 is 0 Å². The number of halogens is 1. The molecule has 0 aromatic heterocycles. The van der Waals surface area contributed by atoms with Crippen LogP contribution >= 0.6 is 11.6 Å². The molecule has 0 radical (unpaired) electrons. The van der Waals surface area contributed by atoms with Crippen LogP contribution in [0.2, 0.25) is 0 Å². The van der Waals surface area contributed by atoms with Crippen LogP contribution in [0.3, 0.4) is 0 Å². The van der Waals surface area contributed by atoms with Gasteiger partial charge in [-0.1, -0.05) is 62.1 Å². The SMILES string of the molecule is CCCCCC/C=C(\Cl)S(=O)(=O)c1ccccc1. The van der Waals surface area contributed by atoms with Gasteiger partial charge >= 0.3 is 0 Å². The second kappa shape index (κ2) is 7.59. The Morgan fingerprint density at radius 2 is 1.83 bits per heavy atom. The molecule has 0 amide bonds. The van der Waals surface area contributed by atoms with Gasteiger partial charge in [0, 0.05) is 0 Å². The van der Waals surface area contributed by atoms with Crippen LogP contribution in [-0.4, -0.2) is 8.42 Å². The van der Waals surface area contributed by atoms with Crippen molar-refractivity contribution in [1.29, 1.82) is 0 Å².